The lowest BCUT2D eigenvalue weighted by Gasteiger charge is -2.47. The molecule has 0 aliphatic carbocycles. The second-order valence-electron chi connectivity index (χ2n) is 14.0. The van der Waals surface area contributed by atoms with Crippen LogP contribution >= 0.6 is 0 Å². The standard InChI is InChI=1S/C35H62N2O8/c1-13-16-36-17-15-26-22(4)18-21(3)20-34(8,42-12)31(45-33-30(39)27(37(10)11)19-23(5)43-33)24(6)29(38)25(7)32(40)44-28(14-2)35(26,9)41/h13,18,21,23-28,30-31,33,36,39,41H,1,14-17,19-20H2,2-12H3/b22-18-/t21-,23+,24+,25?,26-,27-,28+,30+,31+,33-,34+,35-/m0/s1. The number of Topliss-reactive ketones (excluding diaryl/α,β-unsaturated/α-hetero) is 1. The number of hydrogen-bond acceptors (Lipinski definition) is 10. The molecular formula is C35H62N2O8. The van der Waals surface area contributed by atoms with Gasteiger partial charge in [-0.15, -0.1) is 6.58 Å². The van der Waals surface area contributed by atoms with Gasteiger partial charge in [0.1, 0.15) is 23.7 Å². The van der Waals surface area contributed by atoms with Crippen LogP contribution in [0.25, 0.3) is 0 Å². The number of esters is 1. The van der Waals surface area contributed by atoms with Crippen molar-refractivity contribution in [2.24, 2.45) is 23.7 Å². The summed E-state index contributed by atoms with van der Waals surface area (Å²) < 4.78 is 24.8. The molecule has 0 spiro atoms. The lowest BCUT2D eigenvalue weighted by molar-refractivity contribution is -0.295. The number of methoxy groups -OCH3 is 1. The Morgan fingerprint density at radius 1 is 1.20 bits per heavy atom. The minimum Gasteiger partial charge on any atom is -0.459 e. The van der Waals surface area contributed by atoms with E-state index in [-0.39, 0.29) is 29.8 Å². The molecule has 0 amide bonds. The third kappa shape index (κ3) is 9.69. The van der Waals surface area contributed by atoms with E-state index in [1.54, 1.807) is 27.0 Å². The van der Waals surface area contributed by atoms with Crippen LogP contribution in [0.3, 0.4) is 0 Å². The summed E-state index contributed by atoms with van der Waals surface area (Å²) in [6.07, 6.45) is 2.17. The number of rotatable bonds is 10. The van der Waals surface area contributed by atoms with Gasteiger partial charge in [0.2, 0.25) is 0 Å². The fourth-order valence-corrected chi connectivity index (χ4v) is 7.34. The van der Waals surface area contributed by atoms with Crippen molar-refractivity contribution in [1.29, 1.82) is 0 Å². The second kappa shape index (κ2) is 16.9. The van der Waals surface area contributed by atoms with Gasteiger partial charge in [-0.3, -0.25) is 9.59 Å². The van der Waals surface area contributed by atoms with Crippen molar-refractivity contribution < 1.29 is 38.7 Å². The van der Waals surface area contributed by atoms with Crippen molar-refractivity contribution >= 4 is 11.8 Å². The Labute approximate surface area is 271 Å². The summed E-state index contributed by atoms with van der Waals surface area (Å²) in [5.41, 5.74) is -1.42. The molecule has 2 rings (SSSR count). The number of carbonyl (C=O) groups is 2. The van der Waals surface area contributed by atoms with E-state index >= 15 is 0 Å². The predicted octanol–water partition coefficient (Wildman–Crippen LogP) is 3.88. The summed E-state index contributed by atoms with van der Waals surface area (Å²) in [6.45, 7) is 19.8. The first kappa shape index (κ1) is 39.5. The van der Waals surface area contributed by atoms with Crippen molar-refractivity contribution in [3.05, 3.63) is 24.3 Å². The van der Waals surface area contributed by atoms with Crippen LogP contribution in [0, 0.1) is 23.7 Å². The highest BCUT2D eigenvalue weighted by Gasteiger charge is 2.50. The van der Waals surface area contributed by atoms with Crippen LogP contribution in [-0.4, -0.2) is 109 Å². The number of nitrogens with one attached hydrogen (secondary N) is 1. The SMILES string of the molecule is C=CCNCC[C@H]1/C(C)=C\[C@H](C)C[C@@](C)(OC)[C@H](O[C@@H]2O[C@H](C)C[C@H](N(C)C)[C@H]2O)[C@H](C)C(=O)C(C)C(=O)O[C@H](CC)[C@@]1(C)O. The average Bonchev–Trinajstić information content (AvgIpc) is 2.97. The zero-order chi connectivity index (χ0) is 34.3. The Bertz CT molecular complexity index is 1020. The number of carbonyl (C=O) groups excluding carboxylic acids is 2. The molecule has 0 aromatic carbocycles. The van der Waals surface area contributed by atoms with Crippen LogP contribution in [0.2, 0.25) is 0 Å². The number of likely N-dealkylation sites (N-methyl/N-ethyl adjacent to an activating group) is 1. The smallest absolute Gasteiger partial charge is 0.316 e. The molecule has 1 saturated heterocycles. The zero-order valence-electron chi connectivity index (χ0n) is 29.7. The van der Waals surface area contributed by atoms with E-state index in [0.717, 1.165) is 5.57 Å². The molecule has 0 saturated carbocycles. The molecule has 0 radical (unpaired) electrons. The predicted molar refractivity (Wildman–Crippen MR) is 176 cm³/mol. The third-order valence-corrected chi connectivity index (χ3v) is 10.0. The molecule has 3 N–H and O–H groups in total. The Hall–Kier alpha value is -1.66. The van der Waals surface area contributed by atoms with E-state index in [2.05, 4.69) is 24.9 Å². The number of allylic oxidation sites excluding steroid dienone is 1. The van der Waals surface area contributed by atoms with Crippen molar-refractivity contribution in [3.8, 4) is 0 Å². The van der Waals surface area contributed by atoms with E-state index in [4.69, 9.17) is 18.9 Å². The largest absolute Gasteiger partial charge is 0.459 e. The monoisotopic (exact) mass is 638 g/mol. The molecule has 10 nitrogen and oxygen atoms in total. The fourth-order valence-electron chi connectivity index (χ4n) is 7.34. The maximum atomic E-state index is 14.0. The van der Waals surface area contributed by atoms with Gasteiger partial charge in [-0.2, -0.15) is 0 Å². The first-order chi connectivity index (χ1) is 20.9. The van der Waals surface area contributed by atoms with Gasteiger partial charge in [0.25, 0.3) is 0 Å². The molecule has 1 unspecified atom stereocenters. The van der Waals surface area contributed by atoms with Gasteiger partial charge < -0.3 is 39.4 Å². The average molecular weight is 639 g/mol. The molecule has 0 aromatic heterocycles. The minimum atomic E-state index is -1.39. The maximum absolute atomic E-state index is 14.0. The van der Waals surface area contributed by atoms with Crippen LogP contribution in [0.5, 0.6) is 0 Å². The topological polar surface area (TPSA) is 127 Å². The van der Waals surface area contributed by atoms with E-state index in [0.29, 0.717) is 38.8 Å². The van der Waals surface area contributed by atoms with Crippen molar-refractivity contribution in [3.63, 3.8) is 0 Å². The third-order valence-electron chi connectivity index (χ3n) is 10.0. The lowest BCUT2D eigenvalue weighted by atomic mass is 9.74. The van der Waals surface area contributed by atoms with Crippen molar-refractivity contribution in [1.82, 2.24) is 10.2 Å². The zero-order valence-corrected chi connectivity index (χ0v) is 29.7. The van der Waals surface area contributed by atoms with E-state index in [9.17, 15) is 19.8 Å². The Balaban J connectivity index is 2.63. The van der Waals surface area contributed by atoms with Crippen LogP contribution in [-0.2, 0) is 28.5 Å². The first-order valence-corrected chi connectivity index (χ1v) is 16.6. The molecule has 1 fully saturated rings. The lowest BCUT2D eigenvalue weighted by Crippen LogP contribution is -2.59. The van der Waals surface area contributed by atoms with Crippen molar-refractivity contribution in [2.45, 2.75) is 129 Å². The number of cyclic esters (lactones) is 1. The summed E-state index contributed by atoms with van der Waals surface area (Å²) in [7, 11) is 5.40. The molecule has 0 bridgehead atoms. The molecule has 0 aromatic rings. The summed E-state index contributed by atoms with van der Waals surface area (Å²) in [6, 6.07) is -0.202. The number of hydrogen-bond donors (Lipinski definition) is 3. The Morgan fingerprint density at radius 2 is 1.84 bits per heavy atom. The molecule has 10 heteroatoms. The number of ether oxygens (including phenoxy) is 4. The van der Waals surface area contributed by atoms with Gasteiger partial charge >= 0.3 is 5.97 Å². The van der Waals surface area contributed by atoms with Gasteiger partial charge in [0.05, 0.1) is 17.8 Å². The quantitative estimate of drug-likeness (QED) is 0.140. The highest BCUT2D eigenvalue weighted by molar-refractivity contribution is 6.00. The molecular weight excluding hydrogens is 576 g/mol. The molecule has 2 heterocycles. The summed E-state index contributed by atoms with van der Waals surface area (Å²) in [4.78, 5) is 29.5. The van der Waals surface area contributed by atoms with E-state index in [1.807, 2.05) is 46.7 Å². The van der Waals surface area contributed by atoms with Gasteiger partial charge in [0, 0.05) is 31.5 Å². The molecule has 45 heavy (non-hydrogen) atoms. The Morgan fingerprint density at radius 3 is 2.40 bits per heavy atom. The second-order valence-corrected chi connectivity index (χ2v) is 14.0. The summed E-state index contributed by atoms with van der Waals surface area (Å²) in [5.74, 6) is -3.37. The van der Waals surface area contributed by atoms with Gasteiger partial charge in [-0.25, -0.2) is 0 Å². The molecule has 260 valence electrons. The molecule has 2 aliphatic rings. The summed E-state index contributed by atoms with van der Waals surface area (Å²) in [5, 5.41) is 26.6. The van der Waals surface area contributed by atoms with Gasteiger partial charge in [-0.05, 0) is 86.9 Å². The van der Waals surface area contributed by atoms with Crippen LogP contribution in [0.4, 0.5) is 0 Å². The van der Waals surface area contributed by atoms with Crippen LogP contribution in [0.1, 0.15) is 81.1 Å². The fraction of sp³-hybridized carbons (Fsp3) is 0.829. The highest BCUT2D eigenvalue weighted by Crippen LogP contribution is 2.39. The highest BCUT2D eigenvalue weighted by atomic mass is 16.7. The van der Waals surface area contributed by atoms with Crippen LogP contribution in [0.15, 0.2) is 24.3 Å². The van der Waals surface area contributed by atoms with Crippen LogP contribution < -0.4 is 5.32 Å². The van der Waals surface area contributed by atoms with Gasteiger partial charge in [0.15, 0.2) is 12.1 Å². The number of nitrogens with zero attached hydrogens (tertiary/aromatic N) is 1. The Kier molecular flexibility index (Phi) is 14.9. The first-order valence-electron chi connectivity index (χ1n) is 16.6. The summed E-state index contributed by atoms with van der Waals surface area (Å²) >= 11 is 0. The molecule has 12 atom stereocenters. The number of aliphatic hydroxyl groups is 2. The van der Waals surface area contributed by atoms with E-state index < -0.39 is 53.6 Å². The molecule has 2 aliphatic heterocycles. The minimum absolute atomic E-state index is 0.0450. The van der Waals surface area contributed by atoms with E-state index in [1.165, 1.54) is 6.92 Å². The van der Waals surface area contributed by atoms with Gasteiger partial charge in [-0.1, -0.05) is 38.5 Å². The normalized spacial score (nSPS) is 42.0. The maximum Gasteiger partial charge on any atom is 0.316 e. The van der Waals surface area contributed by atoms with Crippen molar-refractivity contribution in [2.75, 3.05) is 34.3 Å². The number of ketones is 1. The number of aliphatic hydroxyl groups excluding tert-OH is 1.